The fraction of sp³-hybridized carbons (Fsp3) is 0.381. The Morgan fingerprint density at radius 3 is 2.54 bits per heavy atom. The van der Waals surface area contributed by atoms with Crippen molar-refractivity contribution >= 4 is 5.96 Å². The van der Waals surface area contributed by atoms with Gasteiger partial charge in [0.25, 0.3) is 0 Å². The van der Waals surface area contributed by atoms with E-state index in [1.54, 1.807) is 14.2 Å². The molecule has 2 aromatic rings. The predicted octanol–water partition coefficient (Wildman–Crippen LogP) is 2.97. The van der Waals surface area contributed by atoms with Crippen molar-refractivity contribution in [2.24, 2.45) is 4.99 Å². The van der Waals surface area contributed by atoms with Crippen LogP contribution < -0.4 is 15.4 Å². The molecule has 0 fully saturated rings. The summed E-state index contributed by atoms with van der Waals surface area (Å²) in [5, 5.41) is 6.80. The van der Waals surface area contributed by atoms with E-state index in [4.69, 9.17) is 4.74 Å². The zero-order valence-electron chi connectivity index (χ0n) is 16.4. The Labute approximate surface area is 157 Å². The molecule has 0 bridgehead atoms. The van der Waals surface area contributed by atoms with E-state index in [1.165, 1.54) is 11.1 Å². The molecular formula is C21H30N4O. The van der Waals surface area contributed by atoms with Crippen LogP contribution in [0.3, 0.4) is 0 Å². The largest absolute Gasteiger partial charge is 0.496 e. The summed E-state index contributed by atoms with van der Waals surface area (Å²) in [5.74, 6) is 1.68. The number of nitrogens with one attached hydrogen (secondary N) is 2. The van der Waals surface area contributed by atoms with Crippen molar-refractivity contribution < 1.29 is 4.74 Å². The van der Waals surface area contributed by atoms with Gasteiger partial charge < -0.3 is 20.3 Å². The number of hydrogen-bond donors (Lipinski definition) is 2. The number of methoxy groups -OCH3 is 1. The lowest BCUT2D eigenvalue weighted by atomic mass is 10.0. The van der Waals surface area contributed by atoms with E-state index in [1.807, 2.05) is 18.2 Å². The zero-order valence-corrected chi connectivity index (χ0v) is 16.4. The van der Waals surface area contributed by atoms with Gasteiger partial charge in [0.1, 0.15) is 5.75 Å². The molecule has 1 unspecified atom stereocenters. The highest BCUT2D eigenvalue weighted by atomic mass is 16.5. The molecule has 5 nitrogen and oxygen atoms in total. The van der Waals surface area contributed by atoms with E-state index in [9.17, 15) is 0 Å². The molecule has 0 radical (unpaired) electrons. The molecule has 0 aliphatic carbocycles. The van der Waals surface area contributed by atoms with Gasteiger partial charge in [-0.2, -0.15) is 0 Å². The SMILES string of the molecule is CN=C(NCc1cccc(C)c1)NCC(c1ccccc1OC)N(C)C. The summed E-state index contributed by atoms with van der Waals surface area (Å²) >= 11 is 0. The second-order valence-corrected chi connectivity index (χ2v) is 6.52. The lowest BCUT2D eigenvalue weighted by molar-refractivity contribution is 0.287. The Kier molecular flexibility index (Phi) is 7.48. The molecule has 0 saturated carbocycles. The van der Waals surface area contributed by atoms with E-state index in [0.717, 1.165) is 30.4 Å². The van der Waals surface area contributed by atoms with Crippen molar-refractivity contribution in [2.45, 2.75) is 19.5 Å². The normalized spacial score (nSPS) is 12.8. The molecule has 140 valence electrons. The minimum absolute atomic E-state index is 0.170. The highest BCUT2D eigenvalue weighted by molar-refractivity contribution is 5.79. The fourth-order valence-corrected chi connectivity index (χ4v) is 2.93. The second-order valence-electron chi connectivity index (χ2n) is 6.52. The van der Waals surface area contributed by atoms with E-state index in [0.29, 0.717) is 0 Å². The molecule has 0 saturated heterocycles. The third-order valence-electron chi connectivity index (χ3n) is 4.35. The van der Waals surface area contributed by atoms with E-state index in [2.05, 4.69) is 71.9 Å². The van der Waals surface area contributed by atoms with Gasteiger partial charge in [-0.1, -0.05) is 48.0 Å². The van der Waals surface area contributed by atoms with Crippen LogP contribution >= 0.6 is 0 Å². The number of guanidine groups is 1. The van der Waals surface area contributed by atoms with Crippen LogP contribution in [0.5, 0.6) is 5.75 Å². The van der Waals surface area contributed by atoms with Gasteiger partial charge in [-0.15, -0.1) is 0 Å². The molecule has 2 N–H and O–H groups in total. The summed E-state index contributed by atoms with van der Waals surface area (Å²) in [6, 6.07) is 16.8. The first-order chi connectivity index (χ1) is 12.5. The Hall–Kier alpha value is -2.53. The maximum atomic E-state index is 5.53. The Balaban J connectivity index is 2.00. The van der Waals surface area contributed by atoms with Crippen molar-refractivity contribution in [3.63, 3.8) is 0 Å². The number of benzene rings is 2. The topological polar surface area (TPSA) is 48.9 Å². The van der Waals surface area contributed by atoms with Crippen molar-refractivity contribution in [2.75, 3.05) is 34.8 Å². The van der Waals surface area contributed by atoms with Crippen LogP contribution in [0.15, 0.2) is 53.5 Å². The molecule has 2 rings (SSSR count). The smallest absolute Gasteiger partial charge is 0.191 e. The summed E-state index contributed by atoms with van der Waals surface area (Å²) in [6.07, 6.45) is 0. The van der Waals surface area contributed by atoms with Crippen LogP contribution in [0.25, 0.3) is 0 Å². The molecule has 0 spiro atoms. The van der Waals surface area contributed by atoms with Gasteiger partial charge in [0.05, 0.1) is 13.2 Å². The van der Waals surface area contributed by atoms with Gasteiger partial charge in [0.15, 0.2) is 5.96 Å². The van der Waals surface area contributed by atoms with Crippen molar-refractivity contribution in [3.8, 4) is 5.75 Å². The molecule has 0 aliphatic heterocycles. The summed E-state index contributed by atoms with van der Waals surface area (Å²) in [5.41, 5.74) is 3.65. The summed E-state index contributed by atoms with van der Waals surface area (Å²) in [7, 11) is 7.64. The Morgan fingerprint density at radius 1 is 1.12 bits per heavy atom. The Morgan fingerprint density at radius 2 is 1.88 bits per heavy atom. The molecule has 0 aliphatic rings. The van der Waals surface area contributed by atoms with Crippen molar-refractivity contribution in [1.29, 1.82) is 0 Å². The van der Waals surface area contributed by atoms with Crippen LogP contribution in [0, 0.1) is 6.92 Å². The lowest BCUT2D eigenvalue weighted by Crippen LogP contribution is -2.41. The number of aryl methyl sites for hydroxylation is 1. The number of hydrogen-bond acceptors (Lipinski definition) is 3. The molecule has 0 aromatic heterocycles. The first kappa shape index (κ1) is 19.8. The molecule has 0 amide bonds. The molecule has 2 aromatic carbocycles. The minimum Gasteiger partial charge on any atom is -0.496 e. The van der Waals surface area contributed by atoms with Crippen LogP contribution in [-0.4, -0.2) is 45.7 Å². The summed E-state index contributed by atoms with van der Waals surface area (Å²) in [4.78, 5) is 6.52. The second kappa shape index (κ2) is 9.82. The third kappa shape index (κ3) is 5.49. The van der Waals surface area contributed by atoms with Crippen LogP contribution in [0.4, 0.5) is 0 Å². The quantitative estimate of drug-likeness (QED) is 0.593. The highest BCUT2D eigenvalue weighted by Gasteiger charge is 2.18. The minimum atomic E-state index is 0.170. The number of aliphatic imine (C=N–C) groups is 1. The number of likely N-dealkylation sites (N-methyl/N-ethyl adjacent to an activating group) is 1. The molecule has 0 heterocycles. The average Bonchev–Trinajstić information content (AvgIpc) is 2.64. The number of rotatable bonds is 7. The van der Waals surface area contributed by atoms with Crippen LogP contribution in [0.1, 0.15) is 22.7 Å². The predicted molar refractivity (Wildman–Crippen MR) is 109 cm³/mol. The number of nitrogens with zero attached hydrogens (tertiary/aromatic N) is 2. The van der Waals surface area contributed by atoms with Crippen LogP contribution in [0.2, 0.25) is 0 Å². The zero-order chi connectivity index (χ0) is 18.9. The van der Waals surface area contributed by atoms with Crippen LogP contribution in [-0.2, 0) is 6.54 Å². The highest BCUT2D eigenvalue weighted by Crippen LogP contribution is 2.27. The standard InChI is InChI=1S/C21H30N4O/c1-16-9-8-10-17(13-16)14-23-21(22-2)24-15-19(25(3)4)18-11-6-7-12-20(18)26-5/h6-13,19H,14-15H2,1-5H3,(H2,22,23,24). The average molecular weight is 354 g/mol. The maximum absolute atomic E-state index is 5.53. The van der Waals surface area contributed by atoms with Gasteiger partial charge in [0, 0.05) is 25.7 Å². The van der Waals surface area contributed by atoms with Gasteiger partial charge in [-0.25, -0.2) is 0 Å². The van der Waals surface area contributed by atoms with E-state index < -0.39 is 0 Å². The molecule has 26 heavy (non-hydrogen) atoms. The van der Waals surface area contributed by atoms with Gasteiger partial charge in [-0.05, 0) is 32.6 Å². The molecule has 1 atom stereocenters. The Bertz CT molecular complexity index is 727. The van der Waals surface area contributed by atoms with Gasteiger partial charge >= 0.3 is 0 Å². The molecule has 5 heteroatoms. The van der Waals surface area contributed by atoms with E-state index >= 15 is 0 Å². The fourth-order valence-electron chi connectivity index (χ4n) is 2.93. The van der Waals surface area contributed by atoms with Gasteiger partial charge in [-0.3, -0.25) is 4.99 Å². The third-order valence-corrected chi connectivity index (χ3v) is 4.35. The van der Waals surface area contributed by atoms with Crippen molar-refractivity contribution in [3.05, 3.63) is 65.2 Å². The first-order valence-corrected chi connectivity index (χ1v) is 8.84. The number of para-hydroxylation sites is 1. The lowest BCUT2D eigenvalue weighted by Gasteiger charge is -2.27. The van der Waals surface area contributed by atoms with Gasteiger partial charge in [0.2, 0.25) is 0 Å². The van der Waals surface area contributed by atoms with Crippen molar-refractivity contribution in [1.82, 2.24) is 15.5 Å². The monoisotopic (exact) mass is 354 g/mol. The first-order valence-electron chi connectivity index (χ1n) is 8.84. The summed E-state index contributed by atoms with van der Waals surface area (Å²) < 4.78 is 5.53. The number of ether oxygens (including phenoxy) is 1. The summed E-state index contributed by atoms with van der Waals surface area (Å²) in [6.45, 7) is 3.56. The molecular weight excluding hydrogens is 324 g/mol. The van der Waals surface area contributed by atoms with E-state index in [-0.39, 0.29) is 6.04 Å². The maximum Gasteiger partial charge on any atom is 0.191 e.